The molecule has 0 bridgehead atoms. The summed E-state index contributed by atoms with van der Waals surface area (Å²) < 4.78 is 0. The van der Waals surface area contributed by atoms with E-state index in [1.54, 1.807) is 0 Å². The molecule has 3 heteroatoms. The van der Waals surface area contributed by atoms with Gasteiger partial charge in [0.25, 0.3) is 0 Å². The molecular weight excluding hydrogens is 210 g/mol. The van der Waals surface area contributed by atoms with Crippen molar-refractivity contribution in [2.75, 3.05) is 46.8 Å². The number of nitrogens with zero attached hydrogens (tertiary/aromatic N) is 2. The van der Waals surface area contributed by atoms with Gasteiger partial charge in [-0.3, -0.25) is 0 Å². The Bertz CT molecular complexity index is 224. The number of rotatable bonds is 4. The van der Waals surface area contributed by atoms with Gasteiger partial charge in [-0.2, -0.15) is 0 Å². The van der Waals surface area contributed by atoms with Crippen molar-refractivity contribution in [3.8, 4) is 0 Å². The van der Waals surface area contributed by atoms with Crippen molar-refractivity contribution in [2.24, 2.45) is 11.8 Å². The molecule has 0 aromatic rings. The number of hydrogen-bond donors (Lipinski definition) is 1. The van der Waals surface area contributed by atoms with Gasteiger partial charge in [-0.05, 0) is 58.4 Å². The summed E-state index contributed by atoms with van der Waals surface area (Å²) in [5.74, 6) is 1.79. The first-order valence-corrected chi connectivity index (χ1v) is 7.30. The predicted octanol–water partition coefficient (Wildman–Crippen LogP) is 1.26. The van der Waals surface area contributed by atoms with E-state index in [1.165, 1.54) is 52.0 Å². The van der Waals surface area contributed by atoms with Crippen molar-refractivity contribution in [1.82, 2.24) is 15.1 Å². The lowest BCUT2D eigenvalue weighted by molar-refractivity contribution is 0.137. The first-order valence-electron chi connectivity index (χ1n) is 7.30. The molecule has 0 aliphatic carbocycles. The van der Waals surface area contributed by atoms with Gasteiger partial charge in [-0.25, -0.2) is 0 Å². The maximum atomic E-state index is 3.55. The Morgan fingerprint density at radius 1 is 1.24 bits per heavy atom. The number of piperidine rings is 1. The van der Waals surface area contributed by atoms with Crippen molar-refractivity contribution < 1.29 is 0 Å². The highest BCUT2D eigenvalue weighted by molar-refractivity contribution is 4.87. The minimum absolute atomic E-state index is 0.777. The van der Waals surface area contributed by atoms with Crippen LogP contribution in [0.25, 0.3) is 0 Å². The largest absolute Gasteiger partial charge is 0.315 e. The zero-order valence-electron chi connectivity index (χ0n) is 11.8. The van der Waals surface area contributed by atoms with Crippen LogP contribution < -0.4 is 5.32 Å². The average molecular weight is 239 g/mol. The Morgan fingerprint density at radius 3 is 2.59 bits per heavy atom. The van der Waals surface area contributed by atoms with Crippen LogP contribution in [-0.4, -0.2) is 62.7 Å². The lowest BCUT2D eigenvalue weighted by Gasteiger charge is -2.35. The molecule has 2 unspecified atom stereocenters. The Labute approximate surface area is 107 Å². The zero-order chi connectivity index (χ0) is 12.3. The minimum Gasteiger partial charge on any atom is -0.315 e. The standard InChI is InChI=1S/C14H29N3/c1-4-13-9-15-10-14(13)17(3)11-12-5-7-16(2)8-6-12/h12-15H,4-11H2,1-3H3. The molecule has 0 aromatic heterocycles. The van der Waals surface area contributed by atoms with E-state index in [2.05, 4.69) is 36.1 Å². The van der Waals surface area contributed by atoms with E-state index in [0.717, 1.165) is 17.9 Å². The summed E-state index contributed by atoms with van der Waals surface area (Å²) in [5.41, 5.74) is 0. The molecule has 2 rings (SSSR count). The van der Waals surface area contributed by atoms with Crippen LogP contribution in [0.4, 0.5) is 0 Å². The second-order valence-corrected chi connectivity index (χ2v) is 6.08. The van der Waals surface area contributed by atoms with Gasteiger partial charge in [0.05, 0.1) is 0 Å². The van der Waals surface area contributed by atoms with Crippen LogP contribution >= 0.6 is 0 Å². The fraction of sp³-hybridized carbons (Fsp3) is 1.00. The van der Waals surface area contributed by atoms with E-state index < -0.39 is 0 Å². The van der Waals surface area contributed by atoms with Crippen LogP contribution in [0.5, 0.6) is 0 Å². The van der Waals surface area contributed by atoms with Gasteiger partial charge in [0.15, 0.2) is 0 Å². The summed E-state index contributed by atoms with van der Waals surface area (Å²) in [7, 11) is 4.58. The van der Waals surface area contributed by atoms with Gasteiger partial charge < -0.3 is 15.1 Å². The van der Waals surface area contributed by atoms with Gasteiger partial charge >= 0.3 is 0 Å². The lowest BCUT2D eigenvalue weighted by Crippen LogP contribution is -2.43. The van der Waals surface area contributed by atoms with E-state index >= 15 is 0 Å². The van der Waals surface area contributed by atoms with Crippen LogP contribution in [0.15, 0.2) is 0 Å². The smallest absolute Gasteiger partial charge is 0.0257 e. The molecule has 2 aliphatic heterocycles. The highest BCUT2D eigenvalue weighted by Crippen LogP contribution is 2.22. The third kappa shape index (κ3) is 3.43. The molecule has 0 amide bonds. The van der Waals surface area contributed by atoms with E-state index in [1.807, 2.05) is 0 Å². The normalized spacial score (nSPS) is 32.5. The molecule has 0 aromatic carbocycles. The first kappa shape index (κ1) is 13.3. The van der Waals surface area contributed by atoms with Crippen LogP contribution in [-0.2, 0) is 0 Å². The van der Waals surface area contributed by atoms with E-state index in [4.69, 9.17) is 0 Å². The first-order chi connectivity index (χ1) is 8.20. The maximum absolute atomic E-state index is 3.55. The van der Waals surface area contributed by atoms with Crippen molar-refractivity contribution in [3.05, 3.63) is 0 Å². The van der Waals surface area contributed by atoms with Crippen molar-refractivity contribution in [1.29, 1.82) is 0 Å². The van der Waals surface area contributed by atoms with Gasteiger partial charge in [0, 0.05) is 19.1 Å². The minimum atomic E-state index is 0.777. The second-order valence-electron chi connectivity index (χ2n) is 6.08. The van der Waals surface area contributed by atoms with Gasteiger partial charge in [-0.1, -0.05) is 13.3 Å². The summed E-state index contributed by atoms with van der Waals surface area (Å²) in [5, 5.41) is 3.55. The fourth-order valence-electron chi connectivity index (χ4n) is 3.44. The zero-order valence-corrected chi connectivity index (χ0v) is 11.8. The number of likely N-dealkylation sites (N-methyl/N-ethyl adjacent to an activating group) is 1. The third-order valence-corrected chi connectivity index (χ3v) is 4.78. The van der Waals surface area contributed by atoms with Crippen LogP contribution in [0.2, 0.25) is 0 Å². The van der Waals surface area contributed by atoms with Crippen LogP contribution in [0.1, 0.15) is 26.2 Å². The van der Waals surface area contributed by atoms with Crippen molar-refractivity contribution in [2.45, 2.75) is 32.2 Å². The van der Waals surface area contributed by atoms with Gasteiger partial charge in [0.2, 0.25) is 0 Å². The number of hydrogen-bond acceptors (Lipinski definition) is 3. The third-order valence-electron chi connectivity index (χ3n) is 4.78. The molecule has 2 heterocycles. The SMILES string of the molecule is CCC1CNCC1N(C)CC1CCN(C)CC1. The number of likely N-dealkylation sites (tertiary alicyclic amines) is 1. The van der Waals surface area contributed by atoms with Crippen molar-refractivity contribution >= 4 is 0 Å². The average Bonchev–Trinajstić information content (AvgIpc) is 2.80. The molecule has 1 N–H and O–H groups in total. The Morgan fingerprint density at radius 2 is 1.94 bits per heavy atom. The molecule has 0 spiro atoms. The second kappa shape index (κ2) is 6.17. The molecule has 100 valence electrons. The van der Waals surface area contributed by atoms with E-state index in [9.17, 15) is 0 Å². The van der Waals surface area contributed by atoms with E-state index in [0.29, 0.717) is 0 Å². The molecule has 0 radical (unpaired) electrons. The molecule has 2 atom stereocenters. The van der Waals surface area contributed by atoms with Gasteiger partial charge in [0.1, 0.15) is 0 Å². The van der Waals surface area contributed by atoms with Crippen molar-refractivity contribution in [3.63, 3.8) is 0 Å². The lowest BCUT2D eigenvalue weighted by atomic mass is 9.94. The summed E-state index contributed by atoms with van der Waals surface area (Å²) in [4.78, 5) is 5.09. The predicted molar refractivity (Wildman–Crippen MR) is 73.3 cm³/mol. The molecule has 2 saturated heterocycles. The molecule has 2 aliphatic rings. The van der Waals surface area contributed by atoms with Gasteiger partial charge in [-0.15, -0.1) is 0 Å². The highest BCUT2D eigenvalue weighted by Gasteiger charge is 2.30. The molecule has 0 saturated carbocycles. The molecule has 2 fully saturated rings. The molecular formula is C14H29N3. The summed E-state index contributed by atoms with van der Waals surface area (Å²) >= 11 is 0. The maximum Gasteiger partial charge on any atom is 0.0257 e. The quantitative estimate of drug-likeness (QED) is 0.797. The Balaban J connectivity index is 1.78. The fourth-order valence-corrected chi connectivity index (χ4v) is 3.44. The number of nitrogens with one attached hydrogen (secondary N) is 1. The van der Waals surface area contributed by atoms with Crippen LogP contribution in [0, 0.1) is 11.8 Å². The van der Waals surface area contributed by atoms with Crippen LogP contribution in [0.3, 0.4) is 0 Å². The summed E-state index contributed by atoms with van der Waals surface area (Å²) in [6.07, 6.45) is 4.09. The Hall–Kier alpha value is -0.120. The summed E-state index contributed by atoms with van der Waals surface area (Å²) in [6.45, 7) is 8.63. The monoisotopic (exact) mass is 239 g/mol. The van der Waals surface area contributed by atoms with E-state index in [-0.39, 0.29) is 0 Å². The molecule has 17 heavy (non-hydrogen) atoms. The molecule has 3 nitrogen and oxygen atoms in total. The summed E-state index contributed by atoms with van der Waals surface area (Å²) in [6, 6.07) is 0.777. The Kier molecular flexibility index (Phi) is 4.83. The highest BCUT2D eigenvalue weighted by atomic mass is 15.2. The topological polar surface area (TPSA) is 18.5 Å².